The topological polar surface area (TPSA) is 119 Å². The second kappa shape index (κ2) is 11.7. The van der Waals surface area contributed by atoms with Crippen LogP contribution in [0.5, 0.6) is 0 Å². The Balaban J connectivity index is 2.85. The number of amides is 1. The minimum Gasteiger partial charge on any atom is -0.445 e. The van der Waals surface area contributed by atoms with Crippen molar-refractivity contribution in [3.8, 4) is 0 Å². The highest BCUT2D eigenvalue weighted by atomic mass is 79.9. The van der Waals surface area contributed by atoms with Crippen LogP contribution in [0.3, 0.4) is 0 Å². The number of hydrogen-bond acceptors (Lipinski definition) is 6. The lowest BCUT2D eigenvalue weighted by Crippen LogP contribution is -2.35. The van der Waals surface area contributed by atoms with Gasteiger partial charge in [-0.25, -0.2) is 13.2 Å². The zero-order chi connectivity index (χ0) is 20.3. The first-order chi connectivity index (χ1) is 12.8. The molecule has 0 saturated carbocycles. The molecule has 0 radical (unpaired) electrons. The second-order valence-electron chi connectivity index (χ2n) is 5.34. The zero-order valence-corrected chi connectivity index (χ0v) is 17.1. The molecule has 0 fully saturated rings. The molecule has 0 spiro atoms. The van der Waals surface area contributed by atoms with Crippen LogP contribution in [0.4, 0.5) is 10.5 Å². The number of nitro benzene ring substituents is 1. The lowest BCUT2D eigenvalue weighted by molar-refractivity contribution is -0.387. The number of nitro groups is 1. The standard InChI is InChI=1S/C16H22BrN3O6S/c1-2-13-26-16(21)18-10-6-12-19(11-5-9-17)27(24,25)15-8-4-3-7-14(15)20(22)23/h2-4,7-8H,1,5-6,9-13H2,(H,18,21). The van der Waals surface area contributed by atoms with E-state index >= 15 is 0 Å². The Kier molecular flexibility index (Phi) is 9.97. The van der Waals surface area contributed by atoms with Crippen molar-refractivity contribution in [2.24, 2.45) is 0 Å². The zero-order valence-electron chi connectivity index (χ0n) is 14.7. The number of sulfonamides is 1. The molecule has 27 heavy (non-hydrogen) atoms. The summed E-state index contributed by atoms with van der Waals surface area (Å²) in [4.78, 5) is 21.5. The van der Waals surface area contributed by atoms with Crippen molar-refractivity contribution in [2.45, 2.75) is 17.7 Å². The lowest BCUT2D eigenvalue weighted by atomic mass is 10.3. The molecule has 0 atom stereocenters. The van der Waals surface area contributed by atoms with Crippen LogP contribution in [-0.2, 0) is 14.8 Å². The first kappa shape index (κ1) is 23.1. The molecular formula is C16H22BrN3O6S. The smallest absolute Gasteiger partial charge is 0.407 e. The van der Waals surface area contributed by atoms with Gasteiger partial charge < -0.3 is 10.1 Å². The van der Waals surface area contributed by atoms with E-state index in [0.717, 1.165) is 6.07 Å². The number of ether oxygens (including phenoxy) is 1. The van der Waals surface area contributed by atoms with Gasteiger partial charge >= 0.3 is 6.09 Å². The Labute approximate surface area is 166 Å². The number of hydrogen-bond donors (Lipinski definition) is 1. The first-order valence-corrected chi connectivity index (χ1v) is 10.7. The number of alkyl carbamates (subject to hydrolysis) is 1. The number of rotatable bonds is 12. The van der Waals surface area contributed by atoms with Gasteiger partial charge in [0, 0.05) is 31.0 Å². The average molecular weight is 464 g/mol. The summed E-state index contributed by atoms with van der Waals surface area (Å²) in [5.74, 6) is 0. The second-order valence-corrected chi connectivity index (χ2v) is 8.04. The Bertz CT molecular complexity index is 756. The Morgan fingerprint density at radius 2 is 2.00 bits per heavy atom. The summed E-state index contributed by atoms with van der Waals surface area (Å²) in [6.07, 6.45) is 1.67. The van der Waals surface area contributed by atoms with Crippen molar-refractivity contribution in [1.82, 2.24) is 9.62 Å². The molecule has 0 aliphatic heterocycles. The van der Waals surface area contributed by atoms with E-state index < -0.39 is 26.7 Å². The predicted octanol–water partition coefficient (Wildman–Crippen LogP) is 2.67. The van der Waals surface area contributed by atoms with Gasteiger partial charge in [-0.05, 0) is 18.9 Å². The highest BCUT2D eigenvalue weighted by Gasteiger charge is 2.30. The van der Waals surface area contributed by atoms with Crippen molar-refractivity contribution in [2.75, 3.05) is 31.6 Å². The van der Waals surface area contributed by atoms with Crippen molar-refractivity contribution in [1.29, 1.82) is 0 Å². The van der Waals surface area contributed by atoms with Crippen LogP contribution in [-0.4, -0.2) is 55.3 Å². The maximum atomic E-state index is 12.9. The maximum Gasteiger partial charge on any atom is 0.407 e. The third-order valence-electron chi connectivity index (χ3n) is 3.41. The molecule has 0 aliphatic carbocycles. The number of carbonyl (C=O) groups is 1. The summed E-state index contributed by atoms with van der Waals surface area (Å²) >= 11 is 3.25. The van der Waals surface area contributed by atoms with E-state index in [9.17, 15) is 23.3 Å². The normalized spacial score (nSPS) is 11.2. The van der Waals surface area contributed by atoms with Gasteiger partial charge in [0.15, 0.2) is 4.90 Å². The molecule has 11 heteroatoms. The van der Waals surface area contributed by atoms with Gasteiger partial charge in [0.2, 0.25) is 10.0 Å². The summed E-state index contributed by atoms with van der Waals surface area (Å²) in [6.45, 7) is 4.00. The van der Waals surface area contributed by atoms with Crippen LogP contribution in [0.1, 0.15) is 12.8 Å². The Morgan fingerprint density at radius 3 is 2.63 bits per heavy atom. The third kappa shape index (κ3) is 7.27. The van der Waals surface area contributed by atoms with Gasteiger partial charge in [-0.15, -0.1) is 0 Å². The number of alkyl halides is 1. The number of halogens is 1. The molecule has 0 heterocycles. The van der Waals surface area contributed by atoms with E-state index in [0.29, 0.717) is 18.2 Å². The number of carbonyl (C=O) groups excluding carboxylic acids is 1. The molecule has 1 rings (SSSR count). The Morgan fingerprint density at radius 1 is 1.33 bits per heavy atom. The fraction of sp³-hybridized carbons (Fsp3) is 0.438. The van der Waals surface area contributed by atoms with Crippen LogP contribution in [0.2, 0.25) is 0 Å². The quantitative estimate of drug-likeness (QED) is 0.167. The number of benzene rings is 1. The molecule has 1 aromatic rings. The summed E-state index contributed by atoms with van der Waals surface area (Å²) in [5.41, 5.74) is -0.465. The van der Waals surface area contributed by atoms with E-state index in [1.807, 2.05) is 0 Å². The van der Waals surface area contributed by atoms with Crippen LogP contribution < -0.4 is 5.32 Å². The van der Waals surface area contributed by atoms with Crippen LogP contribution >= 0.6 is 15.9 Å². The molecular weight excluding hydrogens is 442 g/mol. The molecule has 0 unspecified atom stereocenters. The largest absolute Gasteiger partial charge is 0.445 e. The molecule has 9 nitrogen and oxygen atoms in total. The van der Waals surface area contributed by atoms with Crippen LogP contribution in [0.15, 0.2) is 41.8 Å². The fourth-order valence-corrected chi connectivity index (χ4v) is 4.11. The molecule has 1 N–H and O–H groups in total. The van der Waals surface area contributed by atoms with E-state index in [1.54, 1.807) is 0 Å². The summed E-state index contributed by atoms with van der Waals surface area (Å²) in [7, 11) is -4.05. The number of nitrogens with zero attached hydrogens (tertiary/aromatic N) is 2. The first-order valence-electron chi connectivity index (χ1n) is 8.15. The van der Waals surface area contributed by atoms with Crippen LogP contribution in [0.25, 0.3) is 0 Å². The minimum absolute atomic E-state index is 0.0786. The van der Waals surface area contributed by atoms with Crippen molar-refractivity contribution in [3.63, 3.8) is 0 Å². The van der Waals surface area contributed by atoms with Crippen LogP contribution in [0, 0.1) is 10.1 Å². The van der Waals surface area contributed by atoms with Crippen molar-refractivity contribution in [3.05, 3.63) is 47.0 Å². The van der Waals surface area contributed by atoms with E-state index in [2.05, 4.69) is 27.8 Å². The molecule has 0 aliphatic rings. The highest BCUT2D eigenvalue weighted by molar-refractivity contribution is 9.09. The van der Waals surface area contributed by atoms with E-state index in [1.165, 1.54) is 28.6 Å². The van der Waals surface area contributed by atoms with E-state index in [-0.39, 0.29) is 31.1 Å². The number of nitrogens with one attached hydrogen (secondary N) is 1. The molecule has 0 bridgehead atoms. The summed E-state index contributed by atoms with van der Waals surface area (Å²) in [5, 5.41) is 14.3. The van der Waals surface area contributed by atoms with Gasteiger partial charge in [0.05, 0.1) is 4.92 Å². The van der Waals surface area contributed by atoms with Gasteiger partial charge in [-0.3, -0.25) is 10.1 Å². The molecule has 1 aromatic carbocycles. The molecule has 150 valence electrons. The number of para-hydroxylation sites is 1. The van der Waals surface area contributed by atoms with Gasteiger partial charge in [-0.2, -0.15) is 4.31 Å². The molecule has 0 saturated heterocycles. The minimum atomic E-state index is -4.05. The predicted molar refractivity (Wildman–Crippen MR) is 104 cm³/mol. The SMILES string of the molecule is C=CCOC(=O)NCCCN(CCCBr)S(=O)(=O)c1ccccc1[N+](=O)[O-]. The summed E-state index contributed by atoms with van der Waals surface area (Å²) < 4.78 is 31.8. The van der Waals surface area contributed by atoms with Crippen molar-refractivity contribution < 1.29 is 22.9 Å². The third-order valence-corrected chi connectivity index (χ3v) is 5.91. The fourth-order valence-electron chi connectivity index (χ4n) is 2.18. The van der Waals surface area contributed by atoms with Crippen molar-refractivity contribution >= 4 is 37.7 Å². The lowest BCUT2D eigenvalue weighted by Gasteiger charge is -2.22. The average Bonchev–Trinajstić information content (AvgIpc) is 2.65. The van der Waals surface area contributed by atoms with Gasteiger partial charge in [-0.1, -0.05) is 40.7 Å². The van der Waals surface area contributed by atoms with E-state index in [4.69, 9.17) is 4.74 Å². The highest BCUT2D eigenvalue weighted by Crippen LogP contribution is 2.26. The van der Waals surface area contributed by atoms with Gasteiger partial charge in [0.25, 0.3) is 5.69 Å². The monoisotopic (exact) mass is 463 g/mol. The maximum absolute atomic E-state index is 12.9. The molecule has 1 amide bonds. The Hall–Kier alpha value is -1.98. The molecule has 0 aromatic heterocycles. The summed E-state index contributed by atoms with van der Waals surface area (Å²) in [6, 6.07) is 5.24. The van der Waals surface area contributed by atoms with Gasteiger partial charge in [0.1, 0.15) is 6.61 Å².